The van der Waals surface area contributed by atoms with Crippen LogP contribution in [0.25, 0.3) is 0 Å². The van der Waals surface area contributed by atoms with E-state index in [0.717, 1.165) is 18.1 Å². The van der Waals surface area contributed by atoms with Crippen LogP contribution in [0.2, 0.25) is 0 Å². The van der Waals surface area contributed by atoms with Gasteiger partial charge in [0.05, 0.1) is 42.5 Å². The first-order valence-corrected chi connectivity index (χ1v) is 12.3. The van der Waals surface area contributed by atoms with Gasteiger partial charge in [-0.05, 0) is 37.6 Å². The zero-order valence-corrected chi connectivity index (χ0v) is 19.3. The average molecular weight is 469 g/mol. The number of aromatic nitrogens is 1. The van der Waals surface area contributed by atoms with Gasteiger partial charge in [0.1, 0.15) is 11.8 Å². The number of thiazole rings is 1. The molecule has 0 saturated carbocycles. The van der Waals surface area contributed by atoms with Crippen LogP contribution in [-0.2, 0) is 26.1 Å². The van der Waals surface area contributed by atoms with Crippen LogP contribution < -0.4 is 10.5 Å². The molecule has 1 aliphatic heterocycles. The summed E-state index contributed by atoms with van der Waals surface area (Å²) in [6.45, 7) is 5.07. The van der Waals surface area contributed by atoms with Crippen molar-refractivity contribution in [2.24, 2.45) is 5.73 Å². The summed E-state index contributed by atoms with van der Waals surface area (Å²) in [5.74, 6) is -0.142. The number of methoxy groups -OCH3 is 1. The molecule has 1 fully saturated rings. The Morgan fingerprint density at radius 3 is 2.55 bits per heavy atom. The van der Waals surface area contributed by atoms with Gasteiger partial charge < -0.3 is 15.2 Å². The van der Waals surface area contributed by atoms with Gasteiger partial charge in [-0.3, -0.25) is 9.69 Å². The summed E-state index contributed by atoms with van der Waals surface area (Å²) in [6.07, 6.45) is 0.286. The number of benzene rings is 1. The molecule has 0 radical (unpaired) electrons. The Morgan fingerprint density at radius 1 is 1.32 bits per heavy atom. The van der Waals surface area contributed by atoms with E-state index in [1.807, 2.05) is 6.92 Å². The van der Waals surface area contributed by atoms with Crippen LogP contribution in [0.5, 0.6) is 5.75 Å². The number of nitrogens with two attached hydrogens (primary N) is 1. The lowest BCUT2D eigenvalue weighted by Gasteiger charge is -2.32. The number of rotatable bonds is 10. The third-order valence-corrected chi connectivity index (χ3v) is 7.84. The zero-order chi connectivity index (χ0) is 22.4. The summed E-state index contributed by atoms with van der Waals surface area (Å²) in [4.78, 5) is 19.0. The quantitative estimate of drug-likeness (QED) is 0.558. The van der Waals surface area contributed by atoms with Gasteiger partial charge in [-0.15, -0.1) is 11.3 Å². The first kappa shape index (κ1) is 23.6. The Hall–Kier alpha value is -2.05. The number of carbonyl (C=O) groups is 1. The second-order valence-electron chi connectivity index (χ2n) is 7.24. The lowest BCUT2D eigenvalue weighted by atomic mass is 10.1. The smallest absolute Gasteiger partial charge is 0.244 e. The molecule has 1 aliphatic rings. The fraction of sp³-hybridized carbons (Fsp3) is 0.500. The minimum Gasteiger partial charge on any atom is -0.497 e. The van der Waals surface area contributed by atoms with Crippen LogP contribution in [0, 0.1) is 6.92 Å². The Kier molecular flexibility index (Phi) is 8.00. The van der Waals surface area contributed by atoms with E-state index in [1.54, 1.807) is 17.5 Å². The molecule has 170 valence electrons. The van der Waals surface area contributed by atoms with Crippen molar-refractivity contribution in [1.82, 2.24) is 14.2 Å². The van der Waals surface area contributed by atoms with Gasteiger partial charge in [-0.1, -0.05) is 0 Å². The molecule has 1 atom stereocenters. The van der Waals surface area contributed by atoms with Crippen LogP contribution in [0.15, 0.2) is 34.5 Å². The van der Waals surface area contributed by atoms with Gasteiger partial charge in [0.15, 0.2) is 0 Å². The molecule has 2 aromatic rings. The fourth-order valence-electron chi connectivity index (χ4n) is 3.44. The highest BCUT2D eigenvalue weighted by molar-refractivity contribution is 7.89. The molecule has 1 aromatic heterocycles. The molecule has 0 bridgehead atoms. The highest BCUT2D eigenvalue weighted by Crippen LogP contribution is 2.25. The van der Waals surface area contributed by atoms with Crippen molar-refractivity contribution in [1.29, 1.82) is 0 Å². The van der Waals surface area contributed by atoms with Crippen LogP contribution in [0.3, 0.4) is 0 Å². The molecule has 1 unspecified atom stereocenters. The molecule has 0 aliphatic carbocycles. The van der Waals surface area contributed by atoms with Crippen molar-refractivity contribution < 1.29 is 22.7 Å². The van der Waals surface area contributed by atoms with E-state index < -0.39 is 22.0 Å². The molecule has 11 heteroatoms. The molecule has 1 saturated heterocycles. The molecule has 2 heterocycles. The van der Waals surface area contributed by atoms with Crippen molar-refractivity contribution in [2.45, 2.75) is 30.8 Å². The minimum absolute atomic E-state index is 0.0323. The van der Waals surface area contributed by atoms with E-state index in [1.165, 1.54) is 34.9 Å². The van der Waals surface area contributed by atoms with Crippen LogP contribution in [0.4, 0.5) is 0 Å². The van der Waals surface area contributed by atoms with Gasteiger partial charge in [0.25, 0.3) is 0 Å². The molecule has 3 rings (SSSR count). The maximum Gasteiger partial charge on any atom is 0.244 e. The first-order valence-electron chi connectivity index (χ1n) is 9.97. The largest absolute Gasteiger partial charge is 0.497 e. The molecule has 0 spiro atoms. The number of nitrogens with zero attached hydrogens (tertiary/aromatic N) is 3. The number of carbonyl (C=O) groups excluding carboxylic acids is 1. The Morgan fingerprint density at radius 2 is 2.00 bits per heavy atom. The Balaban J connectivity index is 1.90. The van der Waals surface area contributed by atoms with Crippen LogP contribution >= 0.6 is 11.3 Å². The normalized spacial score (nSPS) is 16.4. The summed E-state index contributed by atoms with van der Waals surface area (Å²) in [7, 11) is -2.50. The summed E-state index contributed by atoms with van der Waals surface area (Å²) in [6, 6.07) is 5.08. The first-order chi connectivity index (χ1) is 14.8. The van der Waals surface area contributed by atoms with Gasteiger partial charge >= 0.3 is 0 Å². The topological polar surface area (TPSA) is 115 Å². The maximum absolute atomic E-state index is 13.6. The number of primary amides is 1. The van der Waals surface area contributed by atoms with Gasteiger partial charge in [0.2, 0.25) is 15.9 Å². The monoisotopic (exact) mass is 468 g/mol. The number of aryl methyl sites for hydroxylation is 1. The van der Waals surface area contributed by atoms with Crippen LogP contribution in [0.1, 0.15) is 17.1 Å². The van der Waals surface area contributed by atoms with E-state index >= 15 is 0 Å². The summed E-state index contributed by atoms with van der Waals surface area (Å²) >= 11 is 1.43. The van der Waals surface area contributed by atoms with E-state index in [4.69, 9.17) is 15.2 Å². The minimum atomic E-state index is -4.01. The zero-order valence-electron chi connectivity index (χ0n) is 17.7. The SMILES string of the molecule is COc1ccc(S(=O)(=O)N(Cc2csc(C)n2)C(CCN2CCOCC2)C(N)=O)cc1. The number of morpholine rings is 1. The number of hydrogen-bond acceptors (Lipinski definition) is 8. The summed E-state index contributed by atoms with van der Waals surface area (Å²) < 4.78 is 38.8. The summed E-state index contributed by atoms with van der Waals surface area (Å²) in [5, 5.41) is 2.62. The molecule has 31 heavy (non-hydrogen) atoms. The fourth-order valence-corrected chi connectivity index (χ4v) is 5.65. The average Bonchev–Trinajstić information content (AvgIpc) is 3.18. The van der Waals surface area contributed by atoms with Crippen molar-refractivity contribution in [3.8, 4) is 5.75 Å². The lowest BCUT2D eigenvalue weighted by molar-refractivity contribution is -0.122. The molecule has 1 aromatic carbocycles. The highest BCUT2D eigenvalue weighted by atomic mass is 32.2. The van der Waals surface area contributed by atoms with Crippen LogP contribution in [-0.4, -0.2) is 74.5 Å². The van der Waals surface area contributed by atoms with E-state index in [-0.39, 0.29) is 17.9 Å². The maximum atomic E-state index is 13.6. The molecular formula is C20H28N4O5S2. The highest BCUT2D eigenvalue weighted by Gasteiger charge is 2.35. The third kappa shape index (κ3) is 6.01. The molecule has 1 amide bonds. The number of sulfonamides is 1. The van der Waals surface area contributed by atoms with E-state index in [0.29, 0.717) is 31.2 Å². The molecule has 2 N–H and O–H groups in total. The van der Waals surface area contributed by atoms with Gasteiger partial charge in [0, 0.05) is 25.0 Å². The second kappa shape index (κ2) is 10.5. The third-order valence-electron chi connectivity index (χ3n) is 5.15. The predicted octanol–water partition coefficient (Wildman–Crippen LogP) is 1.23. The van der Waals surface area contributed by atoms with Gasteiger partial charge in [-0.2, -0.15) is 4.31 Å². The summed E-state index contributed by atoms with van der Waals surface area (Å²) in [5.41, 5.74) is 6.29. The molecule has 9 nitrogen and oxygen atoms in total. The standard InChI is InChI=1S/C20H28N4O5S2/c1-15-22-16(14-30-15)13-24(31(26,27)18-5-3-17(28-2)4-6-18)19(20(21)25)7-8-23-9-11-29-12-10-23/h3-6,14,19H,7-13H2,1-2H3,(H2,21,25). The number of amides is 1. The molecular weight excluding hydrogens is 440 g/mol. The van der Waals surface area contributed by atoms with Crippen molar-refractivity contribution in [2.75, 3.05) is 40.0 Å². The number of hydrogen-bond donors (Lipinski definition) is 1. The second-order valence-corrected chi connectivity index (χ2v) is 10.2. The predicted molar refractivity (Wildman–Crippen MR) is 117 cm³/mol. The van der Waals surface area contributed by atoms with E-state index in [9.17, 15) is 13.2 Å². The van der Waals surface area contributed by atoms with Crippen molar-refractivity contribution in [3.05, 3.63) is 40.3 Å². The Bertz CT molecular complexity index is 972. The van der Waals surface area contributed by atoms with E-state index in [2.05, 4.69) is 9.88 Å². The van der Waals surface area contributed by atoms with Crippen molar-refractivity contribution >= 4 is 27.3 Å². The van der Waals surface area contributed by atoms with Crippen molar-refractivity contribution in [3.63, 3.8) is 0 Å². The van der Waals surface area contributed by atoms with Gasteiger partial charge in [-0.25, -0.2) is 13.4 Å². The lowest BCUT2D eigenvalue weighted by Crippen LogP contribution is -2.49. The Labute approximate surface area is 186 Å². The number of ether oxygens (including phenoxy) is 2.